The van der Waals surface area contributed by atoms with Gasteiger partial charge >= 0.3 is 5.97 Å². The molecule has 0 unspecified atom stereocenters. The number of aliphatic carboxylic acids is 1. The van der Waals surface area contributed by atoms with E-state index in [-0.39, 0.29) is 52.8 Å². The zero-order valence-electron chi connectivity index (χ0n) is 18.3. The third kappa shape index (κ3) is 8.41. The Balaban J connectivity index is 1.90. The number of amides is 2. The monoisotopic (exact) mass is 517 g/mol. The maximum absolute atomic E-state index is 12.4. The quantitative estimate of drug-likeness (QED) is 0.201. The third-order valence-electron chi connectivity index (χ3n) is 4.72. The van der Waals surface area contributed by atoms with Crippen LogP contribution in [0.25, 0.3) is 0 Å². The number of rotatable bonds is 11. The summed E-state index contributed by atoms with van der Waals surface area (Å²) in [6.07, 6.45) is 1.34. The molecule has 0 aliphatic carbocycles. The van der Waals surface area contributed by atoms with Gasteiger partial charge in [-0.3, -0.25) is 14.4 Å². The van der Waals surface area contributed by atoms with Crippen molar-refractivity contribution in [2.24, 2.45) is 10.7 Å². The molecule has 2 aromatic carbocycles. The van der Waals surface area contributed by atoms with Crippen LogP contribution < -0.4 is 16.4 Å². The summed E-state index contributed by atoms with van der Waals surface area (Å²) in [4.78, 5) is 52.0. The SMILES string of the molecule is N#CN=C(N)Cc1cccc(C(=O)NCC(=O)CC[C@H](NC(=O)c2c(Cl)cccc2Cl)C(=O)O)c1. The molecule has 0 heterocycles. The Morgan fingerprint density at radius 2 is 1.74 bits per heavy atom. The van der Waals surface area contributed by atoms with Gasteiger partial charge in [-0.15, -0.1) is 0 Å². The van der Waals surface area contributed by atoms with Gasteiger partial charge < -0.3 is 21.5 Å². The second-order valence-corrected chi connectivity index (χ2v) is 8.12. The van der Waals surface area contributed by atoms with Crippen LogP contribution in [0.4, 0.5) is 0 Å². The Bertz CT molecular complexity index is 1190. The molecule has 0 saturated heterocycles. The molecule has 0 radical (unpaired) electrons. The van der Waals surface area contributed by atoms with Gasteiger partial charge in [0.05, 0.1) is 22.2 Å². The topological polar surface area (TPSA) is 175 Å². The number of halogens is 2. The lowest BCUT2D eigenvalue weighted by Gasteiger charge is -2.15. The van der Waals surface area contributed by atoms with Crippen LogP contribution in [0, 0.1) is 11.5 Å². The number of carbonyl (C=O) groups excluding carboxylic acids is 3. The second-order valence-electron chi connectivity index (χ2n) is 7.30. The maximum Gasteiger partial charge on any atom is 0.326 e. The lowest BCUT2D eigenvalue weighted by Crippen LogP contribution is -2.41. The molecule has 0 fully saturated rings. The Labute approximate surface area is 210 Å². The van der Waals surface area contributed by atoms with E-state index in [9.17, 15) is 24.3 Å². The molecular formula is C23H21Cl2N5O5. The van der Waals surface area contributed by atoms with Gasteiger partial charge in [-0.1, -0.05) is 41.4 Å². The van der Waals surface area contributed by atoms with Crippen molar-refractivity contribution < 1.29 is 24.3 Å². The molecule has 0 bridgehead atoms. The summed E-state index contributed by atoms with van der Waals surface area (Å²) in [6.45, 7) is -0.336. The van der Waals surface area contributed by atoms with E-state index in [2.05, 4.69) is 15.6 Å². The molecule has 0 aromatic heterocycles. The predicted octanol–water partition coefficient (Wildman–Crippen LogP) is 2.34. The van der Waals surface area contributed by atoms with Crippen LogP contribution in [0.2, 0.25) is 10.0 Å². The summed E-state index contributed by atoms with van der Waals surface area (Å²) in [5, 5.41) is 22.8. The number of nitrogens with zero attached hydrogens (tertiary/aromatic N) is 2. The number of amidine groups is 1. The first-order chi connectivity index (χ1) is 16.6. The highest BCUT2D eigenvalue weighted by Crippen LogP contribution is 2.24. The van der Waals surface area contributed by atoms with E-state index in [0.717, 1.165) is 0 Å². The van der Waals surface area contributed by atoms with Crippen LogP contribution in [0.1, 0.15) is 39.1 Å². The number of benzene rings is 2. The van der Waals surface area contributed by atoms with Gasteiger partial charge in [-0.25, -0.2) is 4.79 Å². The zero-order chi connectivity index (χ0) is 26.0. The number of carboxylic acid groups (broad SMARTS) is 1. The molecule has 12 heteroatoms. The van der Waals surface area contributed by atoms with Crippen molar-refractivity contribution in [1.29, 1.82) is 5.26 Å². The highest BCUT2D eigenvalue weighted by atomic mass is 35.5. The maximum atomic E-state index is 12.4. The lowest BCUT2D eigenvalue weighted by molar-refractivity contribution is -0.139. The van der Waals surface area contributed by atoms with Crippen molar-refractivity contribution in [2.45, 2.75) is 25.3 Å². The number of Topliss-reactive ketones (excluding diaryl/α,β-unsaturated/α-hetero) is 1. The minimum Gasteiger partial charge on any atom is -0.480 e. The Kier molecular flexibility index (Phi) is 10.2. The summed E-state index contributed by atoms with van der Waals surface area (Å²) >= 11 is 11.9. The van der Waals surface area contributed by atoms with Crippen LogP contribution in [0.3, 0.4) is 0 Å². The normalized spacial score (nSPS) is 11.7. The average molecular weight is 518 g/mol. The number of aliphatic imine (C=N–C) groups is 1. The molecule has 5 N–H and O–H groups in total. The fraction of sp³-hybridized carbons (Fsp3) is 0.217. The molecule has 35 heavy (non-hydrogen) atoms. The molecule has 2 aromatic rings. The highest BCUT2D eigenvalue weighted by molar-refractivity contribution is 6.39. The molecule has 0 aliphatic heterocycles. The first kappa shape index (κ1) is 27.3. The summed E-state index contributed by atoms with van der Waals surface area (Å²) in [6, 6.07) is 9.47. The van der Waals surface area contributed by atoms with Crippen molar-refractivity contribution >= 4 is 52.6 Å². The number of hydrogen-bond donors (Lipinski definition) is 4. The standard InChI is InChI=1S/C23H21Cl2N5O5/c24-16-5-2-6-17(25)20(16)22(33)30-18(23(34)35)8-7-15(31)11-28-21(32)14-4-1-3-13(9-14)10-19(27)29-12-26/h1-6,9,18H,7-8,10-11H2,(H2,27,29)(H,28,32)(H,30,33)(H,34,35)/t18-/m0/s1. The first-order valence-electron chi connectivity index (χ1n) is 10.2. The fourth-order valence-corrected chi connectivity index (χ4v) is 3.58. The van der Waals surface area contributed by atoms with Crippen molar-refractivity contribution in [3.8, 4) is 6.19 Å². The van der Waals surface area contributed by atoms with E-state index in [1.807, 2.05) is 0 Å². The molecule has 2 amide bonds. The van der Waals surface area contributed by atoms with E-state index in [4.69, 9.17) is 34.2 Å². The highest BCUT2D eigenvalue weighted by Gasteiger charge is 2.24. The van der Waals surface area contributed by atoms with E-state index in [1.54, 1.807) is 24.4 Å². The molecule has 1 atom stereocenters. The third-order valence-corrected chi connectivity index (χ3v) is 5.35. The van der Waals surface area contributed by atoms with E-state index in [0.29, 0.717) is 5.56 Å². The first-order valence-corrected chi connectivity index (χ1v) is 11.0. The van der Waals surface area contributed by atoms with Crippen LogP contribution in [-0.4, -0.2) is 47.1 Å². The number of hydrogen-bond acceptors (Lipinski definition) is 6. The predicted molar refractivity (Wildman–Crippen MR) is 129 cm³/mol. The molecule has 2 rings (SSSR count). The van der Waals surface area contributed by atoms with Gasteiger partial charge in [0.25, 0.3) is 11.8 Å². The van der Waals surface area contributed by atoms with Crippen molar-refractivity contribution in [2.75, 3.05) is 6.54 Å². The molecule has 182 valence electrons. The smallest absolute Gasteiger partial charge is 0.326 e. The molecule has 0 aliphatic rings. The number of carboxylic acids is 1. The summed E-state index contributed by atoms with van der Waals surface area (Å²) in [5.74, 6) is -2.98. The molecular weight excluding hydrogens is 497 g/mol. The Hall–Kier alpha value is -3.94. The van der Waals surface area contributed by atoms with Crippen LogP contribution in [-0.2, 0) is 16.0 Å². The number of nitriles is 1. The summed E-state index contributed by atoms with van der Waals surface area (Å²) < 4.78 is 0. The van der Waals surface area contributed by atoms with Crippen LogP contribution in [0.15, 0.2) is 47.5 Å². The Morgan fingerprint density at radius 1 is 1.09 bits per heavy atom. The average Bonchev–Trinajstić information content (AvgIpc) is 2.80. The van der Waals surface area contributed by atoms with Gasteiger partial charge in [0.15, 0.2) is 5.78 Å². The lowest BCUT2D eigenvalue weighted by atomic mass is 10.1. The van der Waals surface area contributed by atoms with Crippen molar-refractivity contribution in [1.82, 2.24) is 10.6 Å². The van der Waals surface area contributed by atoms with Gasteiger partial charge in [0, 0.05) is 18.4 Å². The number of nitrogens with two attached hydrogens (primary N) is 1. The van der Waals surface area contributed by atoms with Crippen molar-refractivity contribution in [3.05, 3.63) is 69.2 Å². The molecule has 10 nitrogen and oxygen atoms in total. The molecule has 0 spiro atoms. The largest absolute Gasteiger partial charge is 0.480 e. The number of carbonyl (C=O) groups is 4. The van der Waals surface area contributed by atoms with E-state index < -0.39 is 29.6 Å². The summed E-state index contributed by atoms with van der Waals surface area (Å²) in [7, 11) is 0. The number of ketones is 1. The Morgan fingerprint density at radius 3 is 2.37 bits per heavy atom. The molecule has 0 saturated carbocycles. The zero-order valence-corrected chi connectivity index (χ0v) is 19.8. The van der Waals surface area contributed by atoms with Crippen LogP contribution in [0.5, 0.6) is 0 Å². The second kappa shape index (κ2) is 13.1. The number of nitrogens with one attached hydrogen (secondary N) is 2. The van der Waals surface area contributed by atoms with Gasteiger partial charge in [0.2, 0.25) is 6.19 Å². The minimum atomic E-state index is -1.37. The van der Waals surface area contributed by atoms with Crippen LogP contribution >= 0.6 is 23.2 Å². The van der Waals surface area contributed by atoms with Gasteiger partial charge in [0.1, 0.15) is 11.9 Å². The van der Waals surface area contributed by atoms with Gasteiger partial charge in [-0.05, 0) is 36.2 Å². The van der Waals surface area contributed by atoms with Crippen molar-refractivity contribution in [3.63, 3.8) is 0 Å². The van der Waals surface area contributed by atoms with E-state index in [1.165, 1.54) is 24.3 Å². The summed E-state index contributed by atoms with van der Waals surface area (Å²) in [5.41, 5.74) is 6.46. The minimum absolute atomic E-state index is 0.0574. The van der Waals surface area contributed by atoms with Gasteiger partial charge in [-0.2, -0.15) is 10.3 Å². The fourth-order valence-electron chi connectivity index (χ4n) is 3.01. The van der Waals surface area contributed by atoms with E-state index >= 15 is 0 Å².